The summed E-state index contributed by atoms with van der Waals surface area (Å²) in [5.74, 6) is 4.31. The van der Waals surface area contributed by atoms with Gasteiger partial charge in [0.05, 0.1) is 20.0 Å². The van der Waals surface area contributed by atoms with Crippen LogP contribution in [0.5, 0.6) is 5.88 Å². The quantitative estimate of drug-likeness (QED) is 0.568. The third-order valence-electron chi connectivity index (χ3n) is 11.1. The summed E-state index contributed by atoms with van der Waals surface area (Å²) < 4.78 is 7.35. The van der Waals surface area contributed by atoms with Gasteiger partial charge in [0.15, 0.2) is 16.9 Å². The zero-order valence-electron chi connectivity index (χ0n) is 21.1. The van der Waals surface area contributed by atoms with E-state index in [0.29, 0.717) is 35.2 Å². The number of fused-ring (bicyclic) bond motifs is 6. The van der Waals surface area contributed by atoms with Gasteiger partial charge in [-0.15, -0.1) is 0 Å². The van der Waals surface area contributed by atoms with Crippen LogP contribution in [0.15, 0.2) is 12.7 Å². The number of imidazole rings is 1. The van der Waals surface area contributed by atoms with E-state index < -0.39 is 0 Å². The van der Waals surface area contributed by atoms with Gasteiger partial charge in [-0.05, 0) is 85.9 Å². The molecule has 2 aromatic heterocycles. The lowest BCUT2D eigenvalue weighted by Gasteiger charge is -2.63. The van der Waals surface area contributed by atoms with Crippen molar-refractivity contribution in [2.75, 3.05) is 7.11 Å². The molecular weight excluding hydrogens is 424 g/mol. The Bertz CT molecular complexity index is 1080. The molecule has 6 rings (SSSR count). The van der Waals surface area contributed by atoms with Crippen LogP contribution in [-0.4, -0.2) is 32.4 Å². The monoisotopic (exact) mass is 464 g/mol. The molecule has 4 aliphatic carbocycles. The Morgan fingerprint density at radius 3 is 2.68 bits per heavy atom. The number of hydrogen-bond acceptors (Lipinski definition) is 5. The van der Waals surface area contributed by atoms with E-state index in [1.165, 1.54) is 70.5 Å². The molecule has 0 aromatic carbocycles. The molecule has 0 bridgehead atoms. The van der Waals surface area contributed by atoms with Crippen LogP contribution >= 0.6 is 0 Å². The molecular formula is C28H40N4O2. The average molecular weight is 465 g/mol. The highest BCUT2D eigenvalue weighted by Gasteiger charge is 2.59. The number of nitrogens with zero attached hydrogens (tertiary/aromatic N) is 4. The SMILES string of the molecule is COc1ncnc2ncn(CC(=O)[C@H]3CCC[C@H]4[C@@H]5CC[C@H]6CCCC[C@]6(C)[C@H]5CC[C@]34C)c12. The van der Waals surface area contributed by atoms with E-state index in [-0.39, 0.29) is 11.3 Å². The Hall–Kier alpha value is -1.98. The van der Waals surface area contributed by atoms with Crippen molar-refractivity contribution in [1.29, 1.82) is 0 Å². The highest BCUT2D eigenvalue weighted by Crippen LogP contribution is 2.66. The summed E-state index contributed by atoms with van der Waals surface area (Å²) in [7, 11) is 1.60. The molecule has 6 heteroatoms. The van der Waals surface area contributed by atoms with Gasteiger partial charge >= 0.3 is 0 Å². The van der Waals surface area contributed by atoms with Crippen LogP contribution in [0.25, 0.3) is 11.2 Å². The van der Waals surface area contributed by atoms with E-state index in [1.54, 1.807) is 13.4 Å². The average Bonchev–Trinajstić information content (AvgIpc) is 3.25. The van der Waals surface area contributed by atoms with Gasteiger partial charge in [-0.2, -0.15) is 4.98 Å². The molecule has 0 saturated heterocycles. The summed E-state index contributed by atoms with van der Waals surface area (Å²) in [4.78, 5) is 26.8. The minimum atomic E-state index is 0.130. The summed E-state index contributed by atoms with van der Waals surface area (Å²) in [6.45, 7) is 5.45. The van der Waals surface area contributed by atoms with Gasteiger partial charge in [0.2, 0.25) is 5.88 Å². The van der Waals surface area contributed by atoms with Gasteiger partial charge in [0, 0.05) is 5.92 Å². The molecule has 4 aliphatic rings. The summed E-state index contributed by atoms with van der Waals surface area (Å²) >= 11 is 0. The number of carbonyl (C=O) groups is 1. The Balaban J connectivity index is 1.26. The first-order chi connectivity index (χ1) is 16.5. The van der Waals surface area contributed by atoms with E-state index in [1.807, 2.05) is 4.57 Å². The van der Waals surface area contributed by atoms with Crippen molar-refractivity contribution in [2.24, 2.45) is 40.4 Å². The second kappa shape index (κ2) is 8.30. The minimum Gasteiger partial charge on any atom is -0.479 e. The predicted molar refractivity (Wildman–Crippen MR) is 131 cm³/mol. The Kier molecular flexibility index (Phi) is 5.49. The number of Topliss-reactive ketones (excluding diaryl/α,β-unsaturated/α-hetero) is 1. The maximum atomic E-state index is 13.9. The van der Waals surface area contributed by atoms with Crippen molar-refractivity contribution in [3.63, 3.8) is 0 Å². The fourth-order valence-electron chi connectivity index (χ4n) is 9.45. The molecule has 7 atom stereocenters. The third kappa shape index (κ3) is 3.26. The normalized spacial score (nSPS) is 39.7. The summed E-state index contributed by atoms with van der Waals surface area (Å²) in [6, 6.07) is 0. The number of ketones is 1. The minimum absolute atomic E-state index is 0.130. The van der Waals surface area contributed by atoms with E-state index in [0.717, 1.165) is 29.7 Å². The van der Waals surface area contributed by atoms with Crippen molar-refractivity contribution < 1.29 is 9.53 Å². The zero-order valence-corrected chi connectivity index (χ0v) is 21.1. The molecule has 2 aromatic rings. The molecule has 6 nitrogen and oxygen atoms in total. The van der Waals surface area contributed by atoms with Crippen LogP contribution in [0.2, 0.25) is 0 Å². The number of ether oxygens (including phenoxy) is 1. The van der Waals surface area contributed by atoms with E-state index in [4.69, 9.17) is 4.74 Å². The van der Waals surface area contributed by atoms with Crippen molar-refractivity contribution in [3.05, 3.63) is 12.7 Å². The van der Waals surface area contributed by atoms with Crippen molar-refractivity contribution >= 4 is 16.9 Å². The first-order valence-corrected chi connectivity index (χ1v) is 13.7. The van der Waals surface area contributed by atoms with E-state index >= 15 is 0 Å². The summed E-state index contributed by atoms with van der Waals surface area (Å²) in [6.07, 6.45) is 17.8. The molecule has 34 heavy (non-hydrogen) atoms. The number of methoxy groups -OCH3 is 1. The van der Waals surface area contributed by atoms with E-state index in [2.05, 4.69) is 28.8 Å². The van der Waals surface area contributed by atoms with Crippen molar-refractivity contribution in [1.82, 2.24) is 19.5 Å². The molecule has 4 saturated carbocycles. The van der Waals surface area contributed by atoms with Crippen LogP contribution in [0, 0.1) is 40.4 Å². The Morgan fingerprint density at radius 2 is 1.82 bits per heavy atom. The van der Waals surface area contributed by atoms with Crippen molar-refractivity contribution in [2.45, 2.75) is 91.0 Å². The number of rotatable bonds is 4. The lowest BCUT2D eigenvalue weighted by Crippen LogP contribution is -2.56. The highest BCUT2D eigenvalue weighted by molar-refractivity contribution is 5.84. The van der Waals surface area contributed by atoms with Crippen LogP contribution in [0.3, 0.4) is 0 Å². The molecule has 0 spiro atoms. The van der Waals surface area contributed by atoms with Crippen molar-refractivity contribution in [3.8, 4) is 5.88 Å². The topological polar surface area (TPSA) is 69.9 Å². The van der Waals surface area contributed by atoms with Gasteiger partial charge in [0.1, 0.15) is 6.33 Å². The second-order valence-electron chi connectivity index (χ2n) is 12.3. The number of hydrogen-bond donors (Lipinski definition) is 0. The highest BCUT2D eigenvalue weighted by atomic mass is 16.5. The Morgan fingerprint density at radius 1 is 0.971 bits per heavy atom. The van der Waals surface area contributed by atoms with Gasteiger partial charge < -0.3 is 9.30 Å². The summed E-state index contributed by atoms with van der Waals surface area (Å²) in [5.41, 5.74) is 1.99. The molecule has 0 aliphatic heterocycles. The van der Waals surface area contributed by atoms with Gasteiger partial charge in [-0.25, -0.2) is 9.97 Å². The number of carbonyl (C=O) groups excluding carboxylic acids is 1. The third-order valence-corrected chi connectivity index (χ3v) is 11.1. The van der Waals surface area contributed by atoms with Gasteiger partial charge in [0.25, 0.3) is 0 Å². The largest absolute Gasteiger partial charge is 0.479 e. The van der Waals surface area contributed by atoms with Crippen LogP contribution in [0.4, 0.5) is 0 Å². The molecule has 4 fully saturated rings. The van der Waals surface area contributed by atoms with Crippen LogP contribution in [-0.2, 0) is 11.3 Å². The summed E-state index contributed by atoms with van der Waals surface area (Å²) in [5, 5.41) is 0. The first-order valence-electron chi connectivity index (χ1n) is 13.7. The lowest BCUT2D eigenvalue weighted by molar-refractivity contribution is -0.155. The van der Waals surface area contributed by atoms with Crippen LogP contribution in [0.1, 0.15) is 84.5 Å². The maximum absolute atomic E-state index is 13.9. The van der Waals surface area contributed by atoms with E-state index in [9.17, 15) is 4.79 Å². The fraction of sp³-hybridized carbons (Fsp3) is 0.786. The van der Waals surface area contributed by atoms with Gasteiger partial charge in [-0.3, -0.25) is 4.79 Å². The fourth-order valence-corrected chi connectivity index (χ4v) is 9.45. The molecule has 0 unspecified atom stereocenters. The lowest BCUT2D eigenvalue weighted by atomic mass is 9.41. The molecule has 0 radical (unpaired) electrons. The van der Waals surface area contributed by atoms with Gasteiger partial charge in [-0.1, -0.05) is 33.1 Å². The smallest absolute Gasteiger partial charge is 0.243 e. The molecule has 0 amide bonds. The number of aromatic nitrogens is 4. The molecule has 184 valence electrons. The predicted octanol–water partition coefficient (Wildman–Crippen LogP) is 5.84. The van der Waals surface area contributed by atoms with Crippen LogP contribution < -0.4 is 4.74 Å². The standard InChI is InChI=1S/C28H40N4O2/c1-27-13-5-4-7-18(27)10-11-19-20-8-6-9-22(28(20,2)14-12-21(19)27)23(33)15-32-17-31-25-24(32)26(34-3)30-16-29-25/h16-22H,4-15H2,1-3H3/t18-,19+,20+,21+,22-,27+,28+/m1/s1. The molecule has 2 heterocycles. The molecule has 0 N–H and O–H groups in total. The first kappa shape index (κ1) is 22.5. The zero-order chi connectivity index (χ0) is 23.5. The second-order valence-corrected chi connectivity index (χ2v) is 12.3. The maximum Gasteiger partial charge on any atom is 0.243 e. The Labute approximate surface area is 203 Å².